The Labute approximate surface area is 178 Å². The number of amides is 1. The highest BCUT2D eigenvalue weighted by atomic mass is 35.5. The standard InChI is InChI=1S/C18H27N7O.2ClH/c1-14-17(23-24-25(14)15-7-12-19-13-8-15)18(26)22-11-5-4-10-21-16-6-2-3-9-20-16;;/h2-3,6,9,15,19H,4-5,7-8,10-13H2,1H3,(H,20,21)(H,22,26);2*1H. The number of hydrogen-bond acceptors (Lipinski definition) is 6. The Bertz CT molecular complexity index is 705. The van der Waals surface area contributed by atoms with Crippen molar-refractivity contribution >= 4 is 36.5 Å². The number of hydrogen-bond donors (Lipinski definition) is 3. The summed E-state index contributed by atoms with van der Waals surface area (Å²) < 4.78 is 1.91. The van der Waals surface area contributed by atoms with E-state index in [9.17, 15) is 4.79 Å². The zero-order valence-electron chi connectivity index (χ0n) is 16.1. The molecule has 0 spiro atoms. The molecule has 0 radical (unpaired) electrons. The van der Waals surface area contributed by atoms with E-state index in [4.69, 9.17) is 0 Å². The Morgan fingerprint density at radius 3 is 2.68 bits per heavy atom. The van der Waals surface area contributed by atoms with Crippen molar-refractivity contribution in [1.29, 1.82) is 0 Å². The van der Waals surface area contributed by atoms with E-state index in [2.05, 4.69) is 31.2 Å². The minimum Gasteiger partial charge on any atom is -0.370 e. The predicted octanol–water partition coefficient (Wildman–Crippen LogP) is 2.37. The fourth-order valence-electron chi connectivity index (χ4n) is 3.17. The van der Waals surface area contributed by atoms with Crippen molar-refractivity contribution in [2.24, 2.45) is 0 Å². The molecule has 3 rings (SSSR count). The Balaban J connectivity index is 0.00000196. The summed E-state index contributed by atoms with van der Waals surface area (Å²) in [6.45, 7) is 5.35. The second-order valence-electron chi connectivity index (χ2n) is 6.55. The van der Waals surface area contributed by atoms with Crippen molar-refractivity contribution in [3.8, 4) is 0 Å². The van der Waals surface area contributed by atoms with Gasteiger partial charge in [-0.2, -0.15) is 0 Å². The number of halogens is 2. The quantitative estimate of drug-likeness (QED) is 0.557. The van der Waals surface area contributed by atoms with Crippen LogP contribution in [0, 0.1) is 6.92 Å². The minimum atomic E-state index is -0.139. The molecular formula is C18H29Cl2N7O. The van der Waals surface area contributed by atoms with Crippen molar-refractivity contribution in [2.75, 3.05) is 31.5 Å². The van der Waals surface area contributed by atoms with Crippen molar-refractivity contribution in [1.82, 2.24) is 30.6 Å². The summed E-state index contributed by atoms with van der Waals surface area (Å²) >= 11 is 0. The molecule has 1 aliphatic heterocycles. The first-order chi connectivity index (χ1) is 12.8. The van der Waals surface area contributed by atoms with Crippen LogP contribution >= 0.6 is 24.8 Å². The van der Waals surface area contributed by atoms with Crippen LogP contribution in [0.1, 0.15) is 47.9 Å². The lowest BCUT2D eigenvalue weighted by atomic mass is 10.1. The number of anilines is 1. The average molecular weight is 430 g/mol. The molecule has 1 fully saturated rings. The van der Waals surface area contributed by atoms with Gasteiger partial charge in [0.05, 0.1) is 11.7 Å². The molecule has 3 N–H and O–H groups in total. The first-order valence-electron chi connectivity index (χ1n) is 9.31. The van der Waals surface area contributed by atoms with Crippen molar-refractivity contribution in [3.63, 3.8) is 0 Å². The highest BCUT2D eigenvalue weighted by Crippen LogP contribution is 2.20. The first kappa shape index (κ1) is 24.1. The number of unbranched alkanes of at least 4 members (excludes halogenated alkanes) is 1. The summed E-state index contributed by atoms with van der Waals surface area (Å²) in [6, 6.07) is 6.12. The molecule has 156 valence electrons. The molecule has 0 aromatic carbocycles. The van der Waals surface area contributed by atoms with Gasteiger partial charge >= 0.3 is 0 Å². The average Bonchev–Trinajstić information content (AvgIpc) is 3.07. The Kier molecular flexibility index (Phi) is 10.8. The third-order valence-electron chi connectivity index (χ3n) is 4.66. The summed E-state index contributed by atoms with van der Waals surface area (Å²) in [7, 11) is 0. The van der Waals surface area contributed by atoms with Gasteiger partial charge in [-0.15, -0.1) is 29.9 Å². The van der Waals surface area contributed by atoms with Crippen LogP contribution in [0.4, 0.5) is 5.82 Å². The normalized spacial score (nSPS) is 13.9. The molecule has 2 aromatic rings. The van der Waals surface area contributed by atoms with Gasteiger partial charge in [-0.3, -0.25) is 4.79 Å². The fraction of sp³-hybridized carbons (Fsp3) is 0.556. The van der Waals surface area contributed by atoms with Crippen LogP contribution in [0.5, 0.6) is 0 Å². The summed E-state index contributed by atoms with van der Waals surface area (Å²) in [5.74, 6) is 0.738. The monoisotopic (exact) mass is 429 g/mol. The number of nitrogens with zero attached hydrogens (tertiary/aromatic N) is 4. The lowest BCUT2D eigenvalue weighted by Crippen LogP contribution is -2.30. The third kappa shape index (κ3) is 6.61. The fourth-order valence-corrected chi connectivity index (χ4v) is 3.17. The van der Waals surface area contributed by atoms with Crippen LogP contribution in [0.25, 0.3) is 0 Å². The molecular weight excluding hydrogens is 401 g/mol. The van der Waals surface area contributed by atoms with Crippen LogP contribution in [0.2, 0.25) is 0 Å². The van der Waals surface area contributed by atoms with Crippen LogP contribution in [-0.4, -0.2) is 52.1 Å². The second kappa shape index (κ2) is 12.5. The van der Waals surface area contributed by atoms with Crippen molar-refractivity contribution in [3.05, 3.63) is 35.8 Å². The molecule has 28 heavy (non-hydrogen) atoms. The SMILES string of the molecule is Cc1c(C(=O)NCCCCNc2ccccn2)nnn1C1CCNCC1.Cl.Cl. The molecule has 0 atom stereocenters. The van der Waals surface area contributed by atoms with Gasteiger partial charge in [-0.1, -0.05) is 11.3 Å². The molecule has 3 heterocycles. The molecule has 1 amide bonds. The van der Waals surface area contributed by atoms with Gasteiger partial charge in [-0.05, 0) is 57.8 Å². The topological polar surface area (TPSA) is 96.8 Å². The largest absolute Gasteiger partial charge is 0.370 e. The summed E-state index contributed by atoms with van der Waals surface area (Å²) in [5, 5.41) is 17.9. The van der Waals surface area contributed by atoms with Gasteiger partial charge in [0.1, 0.15) is 5.82 Å². The Morgan fingerprint density at radius 2 is 1.96 bits per heavy atom. The number of carbonyl (C=O) groups is 1. The lowest BCUT2D eigenvalue weighted by molar-refractivity contribution is 0.0947. The number of carbonyl (C=O) groups excluding carboxylic acids is 1. The number of nitrogens with one attached hydrogen (secondary N) is 3. The van der Waals surface area contributed by atoms with Crippen molar-refractivity contribution < 1.29 is 4.79 Å². The molecule has 1 saturated heterocycles. The highest BCUT2D eigenvalue weighted by Gasteiger charge is 2.22. The lowest BCUT2D eigenvalue weighted by Gasteiger charge is -2.23. The van der Waals surface area contributed by atoms with E-state index in [1.54, 1.807) is 6.20 Å². The molecule has 0 unspecified atom stereocenters. The smallest absolute Gasteiger partial charge is 0.273 e. The van der Waals surface area contributed by atoms with Crippen LogP contribution in [-0.2, 0) is 0 Å². The zero-order valence-corrected chi connectivity index (χ0v) is 17.7. The number of piperidine rings is 1. The van der Waals surface area contributed by atoms with E-state index in [1.807, 2.05) is 29.8 Å². The van der Waals surface area contributed by atoms with Crippen LogP contribution in [0.15, 0.2) is 24.4 Å². The molecule has 0 aliphatic carbocycles. The molecule has 2 aromatic heterocycles. The summed E-state index contributed by atoms with van der Waals surface area (Å²) in [5.41, 5.74) is 1.29. The van der Waals surface area contributed by atoms with Gasteiger partial charge in [0.15, 0.2) is 5.69 Å². The molecule has 0 saturated carbocycles. The molecule has 8 nitrogen and oxygen atoms in total. The second-order valence-corrected chi connectivity index (χ2v) is 6.55. The number of rotatable bonds is 8. The number of pyridine rings is 1. The van der Waals surface area contributed by atoms with Gasteiger partial charge in [0.25, 0.3) is 5.91 Å². The van der Waals surface area contributed by atoms with E-state index >= 15 is 0 Å². The van der Waals surface area contributed by atoms with Crippen LogP contribution in [0.3, 0.4) is 0 Å². The zero-order chi connectivity index (χ0) is 18.2. The maximum Gasteiger partial charge on any atom is 0.273 e. The number of aromatic nitrogens is 4. The van der Waals surface area contributed by atoms with Gasteiger partial charge < -0.3 is 16.0 Å². The third-order valence-corrected chi connectivity index (χ3v) is 4.66. The van der Waals surface area contributed by atoms with Crippen molar-refractivity contribution in [2.45, 2.75) is 38.6 Å². The summed E-state index contributed by atoms with van der Waals surface area (Å²) in [6.07, 6.45) is 5.66. The van der Waals surface area contributed by atoms with Crippen LogP contribution < -0.4 is 16.0 Å². The van der Waals surface area contributed by atoms with Gasteiger partial charge in [-0.25, -0.2) is 9.67 Å². The Morgan fingerprint density at radius 1 is 1.21 bits per heavy atom. The van der Waals surface area contributed by atoms with E-state index in [1.165, 1.54) is 0 Å². The maximum absolute atomic E-state index is 12.4. The predicted molar refractivity (Wildman–Crippen MR) is 115 cm³/mol. The van der Waals surface area contributed by atoms with Gasteiger partial charge in [0, 0.05) is 19.3 Å². The van der Waals surface area contributed by atoms with E-state index in [-0.39, 0.29) is 30.7 Å². The van der Waals surface area contributed by atoms with Gasteiger partial charge in [0.2, 0.25) is 0 Å². The highest BCUT2D eigenvalue weighted by molar-refractivity contribution is 5.93. The molecule has 1 aliphatic rings. The summed E-state index contributed by atoms with van der Waals surface area (Å²) in [4.78, 5) is 16.6. The first-order valence-corrected chi connectivity index (χ1v) is 9.31. The molecule has 10 heteroatoms. The van der Waals surface area contributed by atoms with E-state index < -0.39 is 0 Å². The maximum atomic E-state index is 12.4. The molecule has 0 bridgehead atoms. The Hall–Kier alpha value is -1.90. The minimum absolute atomic E-state index is 0. The van der Waals surface area contributed by atoms with E-state index in [0.717, 1.165) is 56.8 Å². The van der Waals surface area contributed by atoms with E-state index in [0.29, 0.717) is 18.3 Å².